The Kier molecular flexibility index (Phi) is 5.14. The van der Waals surface area contributed by atoms with Crippen LogP contribution in [0.2, 0.25) is 0 Å². The van der Waals surface area contributed by atoms with E-state index in [1.165, 1.54) is 0 Å². The first-order valence-electron chi connectivity index (χ1n) is 6.40. The quantitative estimate of drug-likeness (QED) is 0.781. The van der Waals surface area contributed by atoms with Crippen molar-refractivity contribution in [2.45, 2.75) is 46.1 Å². The molecule has 0 aromatic carbocycles. The van der Waals surface area contributed by atoms with E-state index in [0.717, 1.165) is 6.42 Å². The van der Waals surface area contributed by atoms with Crippen LogP contribution >= 0.6 is 0 Å². The maximum absolute atomic E-state index is 11.8. The predicted molar refractivity (Wildman–Crippen MR) is 67.2 cm³/mol. The number of carboxylic acids is 1. The summed E-state index contributed by atoms with van der Waals surface area (Å²) in [6.45, 7) is 7.14. The van der Waals surface area contributed by atoms with Gasteiger partial charge in [0, 0.05) is 6.61 Å². The van der Waals surface area contributed by atoms with Gasteiger partial charge in [-0.25, -0.2) is 4.79 Å². The summed E-state index contributed by atoms with van der Waals surface area (Å²) in [6, 6.07) is -0.794. The number of carbonyl (C=O) groups is 2. The van der Waals surface area contributed by atoms with Crippen LogP contribution in [0.4, 0.5) is 0 Å². The average Bonchev–Trinajstić information content (AvgIpc) is 2.75. The molecule has 0 spiro atoms. The summed E-state index contributed by atoms with van der Waals surface area (Å²) in [5, 5.41) is 11.7. The van der Waals surface area contributed by atoms with Crippen LogP contribution in [0, 0.1) is 11.3 Å². The molecular weight excluding hydrogens is 234 g/mol. The fraction of sp³-hybridized carbons (Fsp3) is 0.846. The molecule has 1 amide bonds. The minimum absolute atomic E-state index is 0.0644. The van der Waals surface area contributed by atoms with Gasteiger partial charge in [0.25, 0.3) is 0 Å². The number of rotatable bonds is 5. The molecule has 1 aliphatic rings. The highest BCUT2D eigenvalue weighted by molar-refractivity contribution is 5.85. The number of hydrogen-bond acceptors (Lipinski definition) is 3. The molecule has 0 aliphatic carbocycles. The SMILES string of the molecule is CC(C)(C)CCC(NC(=O)C1CCOC1)C(=O)O. The second-order valence-corrected chi connectivity index (χ2v) is 6.06. The third-order valence-corrected chi connectivity index (χ3v) is 3.10. The first-order valence-corrected chi connectivity index (χ1v) is 6.40. The summed E-state index contributed by atoms with van der Waals surface area (Å²) in [5.74, 6) is -1.36. The molecule has 0 aromatic rings. The van der Waals surface area contributed by atoms with Crippen LogP contribution in [0.15, 0.2) is 0 Å². The van der Waals surface area contributed by atoms with E-state index in [9.17, 15) is 9.59 Å². The van der Waals surface area contributed by atoms with Gasteiger partial charge in [-0.05, 0) is 24.7 Å². The lowest BCUT2D eigenvalue weighted by molar-refractivity contribution is -0.142. The smallest absolute Gasteiger partial charge is 0.326 e. The largest absolute Gasteiger partial charge is 0.480 e. The third-order valence-electron chi connectivity index (χ3n) is 3.10. The molecule has 2 atom stereocenters. The van der Waals surface area contributed by atoms with E-state index < -0.39 is 12.0 Å². The summed E-state index contributed by atoms with van der Waals surface area (Å²) < 4.78 is 5.13. The van der Waals surface area contributed by atoms with Crippen LogP contribution in [-0.4, -0.2) is 36.2 Å². The Balaban J connectivity index is 2.46. The van der Waals surface area contributed by atoms with E-state index >= 15 is 0 Å². The molecule has 2 N–H and O–H groups in total. The van der Waals surface area contributed by atoms with E-state index in [-0.39, 0.29) is 17.2 Å². The van der Waals surface area contributed by atoms with Crippen molar-refractivity contribution < 1.29 is 19.4 Å². The second-order valence-electron chi connectivity index (χ2n) is 6.06. The van der Waals surface area contributed by atoms with Gasteiger partial charge in [0.2, 0.25) is 5.91 Å². The zero-order valence-corrected chi connectivity index (χ0v) is 11.4. The first-order chi connectivity index (χ1) is 8.29. The highest BCUT2D eigenvalue weighted by Gasteiger charge is 2.28. The van der Waals surface area contributed by atoms with Crippen LogP contribution in [0.25, 0.3) is 0 Å². The Bertz CT molecular complexity index is 303. The number of ether oxygens (including phenoxy) is 1. The minimum atomic E-state index is -0.966. The predicted octanol–water partition coefficient (Wildman–Crippen LogP) is 1.42. The molecule has 1 saturated heterocycles. The average molecular weight is 257 g/mol. The van der Waals surface area contributed by atoms with Crippen LogP contribution in [-0.2, 0) is 14.3 Å². The van der Waals surface area contributed by atoms with Gasteiger partial charge >= 0.3 is 5.97 Å². The number of nitrogens with one attached hydrogen (secondary N) is 1. The number of aliphatic carboxylic acids is 1. The molecule has 1 fully saturated rings. The van der Waals surface area contributed by atoms with E-state index in [4.69, 9.17) is 9.84 Å². The van der Waals surface area contributed by atoms with E-state index in [0.29, 0.717) is 26.1 Å². The number of carboxylic acid groups (broad SMARTS) is 1. The van der Waals surface area contributed by atoms with Crippen molar-refractivity contribution in [1.82, 2.24) is 5.32 Å². The molecule has 0 bridgehead atoms. The Morgan fingerprint density at radius 2 is 2.11 bits per heavy atom. The summed E-state index contributed by atoms with van der Waals surface area (Å²) in [4.78, 5) is 23.0. The van der Waals surface area contributed by atoms with Gasteiger partial charge < -0.3 is 15.2 Å². The van der Waals surface area contributed by atoms with Crippen molar-refractivity contribution >= 4 is 11.9 Å². The zero-order valence-electron chi connectivity index (χ0n) is 11.4. The monoisotopic (exact) mass is 257 g/mol. The summed E-state index contributed by atoms with van der Waals surface area (Å²) in [7, 11) is 0. The van der Waals surface area contributed by atoms with Gasteiger partial charge in [0.15, 0.2) is 0 Å². The lowest BCUT2D eigenvalue weighted by Gasteiger charge is -2.22. The van der Waals surface area contributed by atoms with E-state index in [2.05, 4.69) is 26.1 Å². The maximum atomic E-state index is 11.8. The van der Waals surface area contributed by atoms with Gasteiger partial charge in [-0.15, -0.1) is 0 Å². The highest BCUT2D eigenvalue weighted by atomic mass is 16.5. The van der Waals surface area contributed by atoms with Crippen LogP contribution < -0.4 is 5.32 Å². The van der Waals surface area contributed by atoms with Crippen LogP contribution in [0.3, 0.4) is 0 Å². The lowest BCUT2D eigenvalue weighted by atomic mass is 9.88. The van der Waals surface area contributed by atoms with Crippen molar-refractivity contribution in [1.29, 1.82) is 0 Å². The second kappa shape index (κ2) is 6.18. The molecular formula is C13H23NO4. The van der Waals surface area contributed by atoms with Gasteiger partial charge in [0.1, 0.15) is 6.04 Å². The Hall–Kier alpha value is -1.10. The molecule has 1 heterocycles. The summed E-state index contributed by atoms with van der Waals surface area (Å²) in [6.07, 6.45) is 1.89. The topological polar surface area (TPSA) is 75.6 Å². The third kappa shape index (κ3) is 5.04. The van der Waals surface area contributed by atoms with Crippen LogP contribution in [0.5, 0.6) is 0 Å². The number of carbonyl (C=O) groups excluding carboxylic acids is 1. The fourth-order valence-corrected chi connectivity index (χ4v) is 1.87. The Morgan fingerprint density at radius 1 is 1.44 bits per heavy atom. The molecule has 104 valence electrons. The van der Waals surface area contributed by atoms with Gasteiger partial charge in [-0.3, -0.25) is 4.79 Å². The van der Waals surface area contributed by atoms with Gasteiger partial charge in [0.05, 0.1) is 12.5 Å². The molecule has 1 aliphatic heterocycles. The molecule has 0 radical (unpaired) electrons. The molecule has 18 heavy (non-hydrogen) atoms. The van der Waals surface area contributed by atoms with Crippen molar-refractivity contribution in [3.63, 3.8) is 0 Å². The van der Waals surface area contributed by atoms with E-state index in [1.807, 2.05) is 0 Å². The van der Waals surface area contributed by atoms with Gasteiger partial charge in [-0.1, -0.05) is 20.8 Å². The van der Waals surface area contributed by atoms with E-state index in [1.54, 1.807) is 0 Å². The first kappa shape index (κ1) is 15.0. The Labute approximate surface area is 108 Å². The van der Waals surface area contributed by atoms with Crippen LogP contribution in [0.1, 0.15) is 40.0 Å². The fourth-order valence-electron chi connectivity index (χ4n) is 1.87. The number of hydrogen-bond donors (Lipinski definition) is 2. The molecule has 1 rings (SSSR count). The van der Waals surface area contributed by atoms with Crippen molar-refractivity contribution in [2.75, 3.05) is 13.2 Å². The van der Waals surface area contributed by atoms with Crippen molar-refractivity contribution in [3.05, 3.63) is 0 Å². The normalized spacial score (nSPS) is 21.6. The van der Waals surface area contributed by atoms with Crippen molar-refractivity contribution in [2.24, 2.45) is 11.3 Å². The highest BCUT2D eigenvalue weighted by Crippen LogP contribution is 2.22. The maximum Gasteiger partial charge on any atom is 0.326 e. The lowest BCUT2D eigenvalue weighted by Crippen LogP contribution is -2.44. The summed E-state index contributed by atoms with van der Waals surface area (Å²) in [5.41, 5.74) is 0.0644. The van der Waals surface area contributed by atoms with Crippen molar-refractivity contribution in [3.8, 4) is 0 Å². The van der Waals surface area contributed by atoms with Gasteiger partial charge in [-0.2, -0.15) is 0 Å². The zero-order chi connectivity index (χ0) is 13.8. The minimum Gasteiger partial charge on any atom is -0.480 e. The Morgan fingerprint density at radius 3 is 2.56 bits per heavy atom. The standard InChI is InChI=1S/C13H23NO4/c1-13(2,3)6-4-10(12(16)17)14-11(15)9-5-7-18-8-9/h9-10H,4-8H2,1-3H3,(H,14,15)(H,16,17). The molecule has 0 saturated carbocycles. The molecule has 2 unspecified atom stereocenters. The molecule has 5 nitrogen and oxygen atoms in total. The summed E-state index contributed by atoms with van der Waals surface area (Å²) >= 11 is 0. The molecule has 0 aromatic heterocycles. The molecule has 5 heteroatoms. The number of amides is 1.